The highest BCUT2D eigenvalue weighted by molar-refractivity contribution is 5.79. The summed E-state index contributed by atoms with van der Waals surface area (Å²) in [5.74, 6) is -2.40. The molecule has 1 fully saturated rings. The zero-order valence-electron chi connectivity index (χ0n) is 15.5. The Hall–Kier alpha value is -3.04. The van der Waals surface area contributed by atoms with Gasteiger partial charge < -0.3 is 14.6 Å². The van der Waals surface area contributed by atoms with E-state index in [9.17, 15) is 22.4 Å². The summed E-state index contributed by atoms with van der Waals surface area (Å²) in [4.78, 5) is 17.2. The third-order valence-corrected chi connectivity index (χ3v) is 5.16. The van der Waals surface area contributed by atoms with Gasteiger partial charge in [0.25, 0.3) is 0 Å². The van der Waals surface area contributed by atoms with E-state index in [2.05, 4.69) is 10.3 Å². The largest absolute Gasteiger partial charge is 0.419 e. The predicted octanol–water partition coefficient (Wildman–Crippen LogP) is 4.19. The first kappa shape index (κ1) is 19.3. The van der Waals surface area contributed by atoms with Gasteiger partial charge in [-0.15, -0.1) is 0 Å². The first-order valence-corrected chi connectivity index (χ1v) is 9.06. The number of aromatic nitrogens is 2. The van der Waals surface area contributed by atoms with Gasteiger partial charge in [0, 0.05) is 31.9 Å². The molecule has 0 saturated carbocycles. The SMILES string of the molecule is Cn1c(=O)oc2ccc(Nc3cnc(N4CCC(C(F)(F)F)CC4)c(F)c3)cc21. The molecule has 154 valence electrons. The molecule has 4 rings (SSSR count). The highest BCUT2D eigenvalue weighted by atomic mass is 19.4. The minimum atomic E-state index is -4.22. The summed E-state index contributed by atoms with van der Waals surface area (Å²) in [5, 5.41) is 3.00. The summed E-state index contributed by atoms with van der Waals surface area (Å²) in [6.07, 6.45) is -2.94. The van der Waals surface area contributed by atoms with E-state index in [0.29, 0.717) is 22.5 Å². The van der Waals surface area contributed by atoms with E-state index in [0.717, 1.165) is 0 Å². The molecule has 1 aromatic carbocycles. The lowest BCUT2D eigenvalue weighted by atomic mass is 9.96. The van der Waals surface area contributed by atoms with Crippen LogP contribution in [0.25, 0.3) is 11.1 Å². The minimum Gasteiger partial charge on any atom is -0.408 e. The first-order chi connectivity index (χ1) is 13.7. The lowest BCUT2D eigenvalue weighted by Crippen LogP contribution is -2.39. The maximum absolute atomic E-state index is 14.6. The molecule has 0 bridgehead atoms. The summed E-state index contributed by atoms with van der Waals surface area (Å²) in [5.41, 5.74) is 2.00. The van der Waals surface area contributed by atoms with E-state index in [1.165, 1.54) is 21.7 Å². The van der Waals surface area contributed by atoms with Crippen LogP contribution in [0.3, 0.4) is 0 Å². The van der Waals surface area contributed by atoms with Crippen molar-refractivity contribution in [1.29, 1.82) is 0 Å². The standard InChI is InChI=1S/C19H18F4N4O2/c1-26-15-9-12(2-3-16(15)29-18(26)28)25-13-8-14(20)17(24-10-13)27-6-4-11(5-7-27)19(21,22)23/h2-3,8-11,25H,4-7H2,1H3. The molecule has 0 unspecified atom stereocenters. The van der Waals surface area contributed by atoms with Crippen LogP contribution in [-0.2, 0) is 7.05 Å². The van der Waals surface area contributed by atoms with Gasteiger partial charge >= 0.3 is 11.9 Å². The van der Waals surface area contributed by atoms with Gasteiger partial charge in [0.2, 0.25) is 0 Å². The fraction of sp³-hybridized carbons (Fsp3) is 0.368. The Morgan fingerprint density at radius 2 is 1.90 bits per heavy atom. The quantitative estimate of drug-likeness (QED) is 0.656. The molecule has 0 atom stereocenters. The molecule has 1 aliphatic heterocycles. The molecule has 0 radical (unpaired) electrons. The fourth-order valence-electron chi connectivity index (χ4n) is 3.52. The fourth-order valence-corrected chi connectivity index (χ4v) is 3.52. The lowest BCUT2D eigenvalue weighted by molar-refractivity contribution is -0.179. The Bertz CT molecular complexity index is 1100. The van der Waals surface area contributed by atoms with Crippen LogP contribution in [0, 0.1) is 11.7 Å². The van der Waals surface area contributed by atoms with Gasteiger partial charge in [-0.05, 0) is 31.0 Å². The maximum atomic E-state index is 14.6. The second kappa shape index (κ2) is 7.09. The van der Waals surface area contributed by atoms with Crippen molar-refractivity contribution in [1.82, 2.24) is 9.55 Å². The van der Waals surface area contributed by atoms with Gasteiger partial charge in [-0.1, -0.05) is 0 Å². The van der Waals surface area contributed by atoms with Crippen LogP contribution in [-0.4, -0.2) is 28.8 Å². The number of pyridine rings is 1. The smallest absolute Gasteiger partial charge is 0.408 e. The number of nitrogens with one attached hydrogen (secondary N) is 1. The number of hydrogen-bond acceptors (Lipinski definition) is 5. The van der Waals surface area contributed by atoms with E-state index >= 15 is 0 Å². The number of aryl methyl sites for hydroxylation is 1. The van der Waals surface area contributed by atoms with E-state index < -0.39 is 23.7 Å². The molecule has 10 heteroatoms. The molecule has 1 aliphatic rings. The summed E-state index contributed by atoms with van der Waals surface area (Å²) in [7, 11) is 1.58. The Morgan fingerprint density at radius 3 is 2.55 bits per heavy atom. The van der Waals surface area contributed by atoms with Crippen LogP contribution >= 0.6 is 0 Å². The minimum absolute atomic E-state index is 0.0452. The van der Waals surface area contributed by atoms with Gasteiger partial charge in [-0.25, -0.2) is 14.2 Å². The van der Waals surface area contributed by atoms with E-state index in [1.54, 1.807) is 25.2 Å². The van der Waals surface area contributed by atoms with E-state index in [1.807, 2.05) is 0 Å². The number of oxazole rings is 1. The molecule has 3 heterocycles. The highest BCUT2D eigenvalue weighted by Crippen LogP contribution is 2.35. The number of anilines is 3. The van der Waals surface area contributed by atoms with Crippen LogP contribution in [0.5, 0.6) is 0 Å². The number of hydrogen-bond donors (Lipinski definition) is 1. The summed E-state index contributed by atoms with van der Waals surface area (Å²) < 4.78 is 59.4. The van der Waals surface area contributed by atoms with Crippen LogP contribution in [0.15, 0.2) is 39.7 Å². The molecule has 0 amide bonds. The molecule has 6 nitrogen and oxygen atoms in total. The molecule has 0 aliphatic carbocycles. The zero-order chi connectivity index (χ0) is 20.8. The van der Waals surface area contributed by atoms with Crippen LogP contribution < -0.4 is 16.0 Å². The van der Waals surface area contributed by atoms with Crippen molar-refractivity contribution in [2.45, 2.75) is 19.0 Å². The highest BCUT2D eigenvalue weighted by Gasteiger charge is 2.41. The van der Waals surface area contributed by atoms with Crippen LogP contribution in [0.1, 0.15) is 12.8 Å². The van der Waals surface area contributed by atoms with E-state index in [-0.39, 0.29) is 31.7 Å². The molecule has 29 heavy (non-hydrogen) atoms. The second-order valence-corrected chi connectivity index (χ2v) is 7.07. The Balaban J connectivity index is 1.49. The predicted molar refractivity (Wildman–Crippen MR) is 99.9 cm³/mol. The number of fused-ring (bicyclic) bond motifs is 1. The van der Waals surface area contributed by atoms with Crippen molar-refractivity contribution in [3.05, 3.63) is 46.8 Å². The van der Waals surface area contributed by atoms with Crippen molar-refractivity contribution < 1.29 is 22.0 Å². The Morgan fingerprint density at radius 1 is 1.17 bits per heavy atom. The monoisotopic (exact) mass is 410 g/mol. The number of alkyl halides is 3. The summed E-state index contributed by atoms with van der Waals surface area (Å²) in [6, 6.07) is 6.24. The average Bonchev–Trinajstić information content (AvgIpc) is 2.95. The third-order valence-electron chi connectivity index (χ3n) is 5.16. The van der Waals surface area contributed by atoms with Crippen LogP contribution in [0.4, 0.5) is 34.8 Å². The van der Waals surface area contributed by atoms with Crippen molar-refractivity contribution in [2.75, 3.05) is 23.3 Å². The van der Waals surface area contributed by atoms with Gasteiger partial charge in [-0.2, -0.15) is 13.2 Å². The zero-order valence-corrected chi connectivity index (χ0v) is 15.5. The number of piperidine rings is 1. The second-order valence-electron chi connectivity index (χ2n) is 7.07. The molecule has 3 aromatic rings. The molecule has 1 saturated heterocycles. The van der Waals surface area contributed by atoms with E-state index in [4.69, 9.17) is 4.42 Å². The van der Waals surface area contributed by atoms with Crippen molar-refractivity contribution >= 4 is 28.3 Å². The van der Waals surface area contributed by atoms with Gasteiger partial charge in [0.1, 0.15) is 0 Å². The first-order valence-electron chi connectivity index (χ1n) is 9.06. The van der Waals surface area contributed by atoms with Crippen LogP contribution in [0.2, 0.25) is 0 Å². The normalized spacial score (nSPS) is 15.8. The van der Waals surface area contributed by atoms with Gasteiger partial charge in [-0.3, -0.25) is 4.57 Å². The molecular formula is C19H18F4N4O2. The molecule has 2 aromatic heterocycles. The van der Waals surface area contributed by atoms with Gasteiger partial charge in [0.15, 0.2) is 17.2 Å². The number of rotatable bonds is 3. The van der Waals surface area contributed by atoms with Crippen molar-refractivity contribution in [3.8, 4) is 0 Å². The van der Waals surface area contributed by atoms with Crippen molar-refractivity contribution in [3.63, 3.8) is 0 Å². The van der Waals surface area contributed by atoms with Gasteiger partial charge in [0.05, 0.1) is 23.3 Å². The number of benzene rings is 1. The topological polar surface area (TPSA) is 63.3 Å². The Labute approximate surface area is 162 Å². The number of nitrogens with zero attached hydrogens (tertiary/aromatic N) is 3. The Kier molecular flexibility index (Phi) is 4.71. The molecule has 0 spiro atoms. The van der Waals surface area contributed by atoms with Crippen molar-refractivity contribution in [2.24, 2.45) is 13.0 Å². The summed E-state index contributed by atoms with van der Waals surface area (Å²) in [6.45, 7) is 0.206. The lowest BCUT2D eigenvalue weighted by Gasteiger charge is -2.33. The third kappa shape index (κ3) is 3.79. The molecule has 1 N–H and O–H groups in total. The average molecular weight is 410 g/mol. The number of halogens is 4. The molecular weight excluding hydrogens is 392 g/mol. The summed E-state index contributed by atoms with van der Waals surface area (Å²) >= 11 is 0. The maximum Gasteiger partial charge on any atom is 0.419 e.